The summed E-state index contributed by atoms with van der Waals surface area (Å²) in [5.41, 5.74) is 1.40. The maximum atomic E-state index is 4.64. The van der Waals surface area contributed by atoms with Crippen LogP contribution in [0, 0.1) is 0 Å². The summed E-state index contributed by atoms with van der Waals surface area (Å²) in [4.78, 5) is 9.80. The largest absolute Gasteiger partial charge is 0.356 e. The molecule has 1 aliphatic carbocycles. The lowest BCUT2D eigenvalue weighted by Gasteiger charge is -2.43. The number of nitrogens with zero attached hydrogens (tertiary/aromatic N) is 3. The number of allylic oxidation sites excluding steroid dienone is 1. The summed E-state index contributed by atoms with van der Waals surface area (Å²) >= 11 is 0. The number of likely N-dealkylation sites (tertiary alicyclic amines) is 1. The molecular formula is C21H35N5. The van der Waals surface area contributed by atoms with Crippen molar-refractivity contribution in [3.8, 4) is 0 Å². The highest BCUT2D eigenvalue weighted by Crippen LogP contribution is 2.30. The standard InChI is InChI=1S/C21H35N5/c1-3-10-19(11-4-1)26-16-7-9-18-17-23-21(24-20(18)26)22-12-8-15-25-13-5-2-6-14-25/h7,16-17,19-20H,1-6,8-15H2,(H2,22,23,24). The van der Waals surface area contributed by atoms with Gasteiger partial charge in [-0.1, -0.05) is 31.8 Å². The summed E-state index contributed by atoms with van der Waals surface area (Å²) in [6.45, 7) is 4.78. The predicted molar refractivity (Wildman–Crippen MR) is 108 cm³/mol. The van der Waals surface area contributed by atoms with E-state index < -0.39 is 0 Å². The Kier molecular flexibility index (Phi) is 6.15. The zero-order valence-electron chi connectivity index (χ0n) is 16.1. The first-order valence-electron chi connectivity index (χ1n) is 10.8. The highest BCUT2D eigenvalue weighted by atomic mass is 15.3. The fraction of sp³-hybridized carbons (Fsp3) is 0.762. The second kappa shape index (κ2) is 8.94. The van der Waals surface area contributed by atoms with E-state index in [0.29, 0.717) is 12.2 Å². The molecule has 4 aliphatic rings. The number of aliphatic imine (C=N–C) groups is 1. The Morgan fingerprint density at radius 3 is 2.73 bits per heavy atom. The minimum atomic E-state index is 0.296. The van der Waals surface area contributed by atoms with Gasteiger partial charge in [-0.05, 0) is 69.9 Å². The van der Waals surface area contributed by atoms with Gasteiger partial charge in [-0.3, -0.25) is 0 Å². The van der Waals surface area contributed by atoms with Crippen molar-refractivity contribution in [2.24, 2.45) is 4.99 Å². The SMILES string of the molecule is C1=CN(C2CCCCC2)C2NC(NCCCN3CCCCC3)=NC=C2C1. The van der Waals surface area contributed by atoms with Crippen LogP contribution in [0.4, 0.5) is 0 Å². The van der Waals surface area contributed by atoms with E-state index in [-0.39, 0.29) is 0 Å². The number of hydrogen-bond acceptors (Lipinski definition) is 5. The summed E-state index contributed by atoms with van der Waals surface area (Å²) in [5.74, 6) is 0.952. The van der Waals surface area contributed by atoms with Gasteiger partial charge in [0.2, 0.25) is 0 Å². The van der Waals surface area contributed by atoms with Crippen molar-refractivity contribution < 1.29 is 0 Å². The molecule has 144 valence electrons. The summed E-state index contributed by atoms with van der Waals surface area (Å²) in [6.07, 6.45) is 20.2. The Morgan fingerprint density at radius 2 is 1.88 bits per heavy atom. The zero-order valence-corrected chi connectivity index (χ0v) is 16.1. The molecule has 1 atom stereocenters. The van der Waals surface area contributed by atoms with Crippen molar-refractivity contribution >= 4 is 5.96 Å². The molecule has 1 saturated heterocycles. The Morgan fingerprint density at radius 1 is 1.08 bits per heavy atom. The first-order chi connectivity index (χ1) is 12.9. The maximum Gasteiger partial charge on any atom is 0.197 e. The second-order valence-corrected chi connectivity index (χ2v) is 8.24. The molecule has 4 rings (SSSR count). The number of fused-ring (bicyclic) bond motifs is 1. The molecule has 2 N–H and O–H groups in total. The fourth-order valence-electron chi connectivity index (χ4n) is 4.81. The van der Waals surface area contributed by atoms with E-state index in [0.717, 1.165) is 18.9 Å². The molecule has 2 fully saturated rings. The van der Waals surface area contributed by atoms with Crippen molar-refractivity contribution in [3.05, 3.63) is 24.0 Å². The van der Waals surface area contributed by atoms with Crippen LogP contribution in [-0.4, -0.2) is 54.1 Å². The number of nitrogens with one attached hydrogen (secondary N) is 2. The maximum absolute atomic E-state index is 4.64. The number of piperidine rings is 1. The molecule has 1 unspecified atom stereocenters. The van der Waals surface area contributed by atoms with E-state index in [2.05, 4.69) is 43.9 Å². The molecule has 1 saturated carbocycles. The van der Waals surface area contributed by atoms with Gasteiger partial charge in [0.1, 0.15) is 6.17 Å². The Balaban J connectivity index is 1.26. The minimum absolute atomic E-state index is 0.296. The quantitative estimate of drug-likeness (QED) is 0.742. The van der Waals surface area contributed by atoms with Gasteiger partial charge in [0.25, 0.3) is 0 Å². The Labute approximate surface area is 158 Å². The highest BCUT2D eigenvalue weighted by Gasteiger charge is 2.31. The molecule has 0 aromatic rings. The third-order valence-electron chi connectivity index (χ3n) is 6.30. The van der Waals surface area contributed by atoms with E-state index in [1.54, 1.807) is 0 Å². The van der Waals surface area contributed by atoms with Crippen molar-refractivity contribution in [2.75, 3.05) is 26.2 Å². The number of hydrogen-bond donors (Lipinski definition) is 2. The molecule has 0 bridgehead atoms. The monoisotopic (exact) mass is 357 g/mol. The molecule has 5 heteroatoms. The van der Waals surface area contributed by atoms with Gasteiger partial charge in [0.15, 0.2) is 5.96 Å². The molecule has 0 spiro atoms. The molecule has 26 heavy (non-hydrogen) atoms. The molecule has 5 nitrogen and oxygen atoms in total. The minimum Gasteiger partial charge on any atom is -0.356 e. The van der Waals surface area contributed by atoms with E-state index in [9.17, 15) is 0 Å². The molecule has 3 heterocycles. The third-order valence-corrected chi connectivity index (χ3v) is 6.30. The van der Waals surface area contributed by atoms with Gasteiger partial charge >= 0.3 is 0 Å². The van der Waals surface area contributed by atoms with Gasteiger partial charge in [0.05, 0.1) is 0 Å². The van der Waals surface area contributed by atoms with E-state index in [1.807, 2.05) is 0 Å². The zero-order chi connectivity index (χ0) is 17.6. The number of rotatable bonds is 5. The van der Waals surface area contributed by atoms with Crippen molar-refractivity contribution in [1.29, 1.82) is 0 Å². The van der Waals surface area contributed by atoms with Gasteiger partial charge in [-0.15, -0.1) is 0 Å². The van der Waals surface area contributed by atoms with Crippen molar-refractivity contribution in [3.63, 3.8) is 0 Å². The van der Waals surface area contributed by atoms with Crippen LogP contribution in [0.25, 0.3) is 0 Å². The fourth-order valence-corrected chi connectivity index (χ4v) is 4.81. The van der Waals surface area contributed by atoms with Crippen LogP contribution in [-0.2, 0) is 0 Å². The molecule has 0 aromatic heterocycles. The lowest BCUT2D eigenvalue weighted by Crippen LogP contribution is -2.56. The van der Waals surface area contributed by atoms with E-state index in [1.165, 1.54) is 83.0 Å². The average molecular weight is 358 g/mol. The normalized spacial score (nSPS) is 27.4. The van der Waals surface area contributed by atoms with Crippen LogP contribution in [0.1, 0.15) is 64.2 Å². The summed E-state index contributed by atoms with van der Waals surface area (Å²) in [5, 5.41) is 7.21. The summed E-state index contributed by atoms with van der Waals surface area (Å²) in [6, 6.07) is 0.680. The first kappa shape index (κ1) is 17.9. The molecule has 0 aromatic carbocycles. The lowest BCUT2D eigenvalue weighted by molar-refractivity contribution is 0.163. The first-order valence-corrected chi connectivity index (χ1v) is 10.8. The second-order valence-electron chi connectivity index (χ2n) is 8.24. The molecular weight excluding hydrogens is 322 g/mol. The molecule has 3 aliphatic heterocycles. The van der Waals surface area contributed by atoms with E-state index >= 15 is 0 Å². The van der Waals surface area contributed by atoms with Crippen LogP contribution in [0.15, 0.2) is 29.0 Å². The van der Waals surface area contributed by atoms with Gasteiger partial charge in [-0.25, -0.2) is 4.99 Å². The van der Waals surface area contributed by atoms with Gasteiger partial charge in [-0.2, -0.15) is 0 Å². The molecule has 0 amide bonds. The van der Waals surface area contributed by atoms with Crippen LogP contribution in [0.3, 0.4) is 0 Å². The third kappa shape index (κ3) is 4.43. The number of guanidine groups is 1. The van der Waals surface area contributed by atoms with Crippen LogP contribution in [0.2, 0.25) is 0 Å². The predicted octanol–water partition coefficient (Wildman–Crippen LogP) is 3.17. The summed E-state index contributed by atoms with van der Waals surface area (Å²) in [7, 11) is 0. The van der Waals surface area contributed by atoms with Crippen LogP contribution < -0.4 is 10.6 Å². The van der Waals surface area contributed by atoms with Gasteiger partial charge in [0, 0.05) is 18.8 Å². The van der Waals surface area contributed by atoms with Crippen LogP contribution in [0.5, 0.6) is 0 Å². The topological polar surface area (TPSA) is 42.9 Å². The Bertz CT molecular complexity index is 541. The molecule has 0 radical (unpaired) electrons. The van der Waals surface area contributed by atoms with Crippen molar-refractivity contribution in [1.82, 2.24) is 20.4 Å². The smallest absolute Gasteiger partial charge is 0.197 e. The average Bonchev–Trinajstić information content (AvgIpc) is 2.72. The van der Waals surface area contributed by atoms with Gasteiger partial charge < -0.3 is 20.4 Å². The summed E-state index contributed by atoms with van der Waals surface area (Å²) < 4.78 is 0. The highest BCUT2D eigenvalue weighted by molar-refractivity contribution is 5.82. The van der Waals surface area contributed by atoms with Crippen molar-refractivity contribution in [2.45, 2.75) is 76.4 Å². The Hall–Kier alpha value is -1.49. The van der Waals surface area contributed by atoms with E-state index in [4.69, 9.17) is 0 Å². The lowest BCUT2D eigenvalue weighted by atomic mass is 9.92. The van der Waals surface area contributed by atoms with Crippen LogP contribution >= 0.6 is 0 Å².